The molecule has 0 saturated carbocycles. The molecule has 0 N–H and O–H groups in total. The van der Waals surface area contributed by atoms with Gasteiger partial charge in [-0.2, -0.15) is 0 Å². The fraction of sp³-hybridized carbons (Fsp3) is 0.200. The van der Waals surface area contributed by atoms with E-state index in [1.807, 2.05) is 17.7 Å². The molecule has 0 aromatic carbocycles. The van der Waals surface area contributed by atoms with E-state index in [-0.39, 0.29) is 5.91 Å². The number of carbonyl (C=O) groups is 1. The van der Waals surface area contributed by atoms with Crippen molar-refractivity contribution in [1.82, 2.24) is 14.5 Å². The zero-order chi connectivity index (χ0) is 15.1. The minimum Gasteiger partial charge on any atom is -0.451 e. The Kier molecular flexibility index (Phi) is 3.22. The van der Waals surface area contributed by atoms with Gasteiger partial charge in [0, 0.05) is 39.6 Å². The highest BCUT2D eigenvalue weighted by atomic mass is 35.5. The van der Waals surface area contributed by atoms with Crippen LogP contribution in [0.5, 0.6) is 0 Å². The summed E-state index contributed by atoms with van der Waals surface area (Å²) in [4.78, 5) is 17.8. The van der Waals surface area contributed by atoms with Gasteiger partial charge < -0.3 is 13.9 Å². The Morgan fingerprint density at radius 3 is 2.81 bits per heavy atom. The first-order valence-corrected chi connectivity index (χ1v) is 6.77. The van der Waals surface area contributed by atoms with Crippen LogP contribution in [-0.2, 0) is 7.05 Å². The van der Waals surface area contributed by atoms with Gasteiger partial charge in [0.1, 0.15) is 5.52 Å². The van der Waals surface area contributed by atoms with Crippen LogP contribution in [0, 0.1) is 0 Å². The van der Waals surface area contributed by atoms with E-state index >= 15 is 0 Å². The molecule has 3 rings (SSSR count). The molecule has 108 valence electrons. The van der Waals surface area contributed by atoms with E-state index in [1.165, 1.54) is 4.90 Å². The summed E-state index contributed by atoms with van der Waals surface area (Å²) in [6.07, 6.45) is 3.41. The molecule has 0 bridgehead atoms. The molecule has 0 aliphatic carbocycles. The van der Waals surface area contributed by atoms with E-state index in [2.05, 4.69) is 4.98 Å². The van der Waals surface area contributed by atoms with Crippen LogP contribution < -0.4 is 0 Å². The molecular formula is C15H14ClN3O2. The number of pyridine rings is 1. The van der Waals surface area contributed by atoms with Crippen molar-refractivity contribution in [2.75, 3.05) is 14.1 Å². The Morgan fingerprint density at radius 2 is 2.14 bits per heavy atom. The van der Waals surface area contributed by atoms with Crippen molar-refractivity contribution in [3.8, 4) is 11.5 Å². The predicted molar refractivity (Wildman–Crippen MR) is 81.4 cm³/mol. The second kappa shape index (κ2) is 4.93. The van der Waals surface area contributed by atoms with Crippen LogP contribution in [0.1, 0.15) is 10.4 Å². The average molecular weight is 304 g/mol. The standard InChI is InChI=1S/C15H14ClN3O2/c1-18(2)15(20)9-6-12(19(3)8-9)13-7-11-14(21-13)10(16)4-5-17-11/h4-8H,1-3H3. The number of aromatic nitrogens is 2. The van der Waals surface area contributed by atoms with E-state index in [1.54, 1.807) is 38.6 Å². The minimum atomic E-state index is -0.0517. The van der Waals surface area contributed by atoms with E-state index < -0.39 is 0 Å². The summed E-state index contributed by atoms with van der Waals surface area (Å²) in [6, 6.07) is 5.30. The van der Waals surface area contributed by atoms with E-state index in [0.717, 1.165) is 5.69 Å². The average Bonchev–Trinajstić information content (AvgIpc) is 3.02. The highest BCUT2D eigenvalue weighted by Crippen LogP contribution is 2.31. The van der Waals surface area contributed by atoms with Gasteiger partial charge in [0.25, 0.3) is 5.91 Å². The molecule has 21 heavy (non-hydrogen) atoms. The number of carbonyl (C=O) groups excluding carboxylic acids is 1. The zero-order valence-corrected chi connectivity index (χ0v) is 12.7. The summed E-state index contributed by atoms with van der Waals surface area (Å²) in [5.74, 6) is 0.579. The molecule has 0 spiro atoms. The minimum absolute atomic E-state index is 0.0517. The van der Waals surface area contributed by atoms with Gasteiger partial charge in [-0.05, 0) is 12.1 Å². The summed E-state index contributed by atoms with van der Waals surface area (Å²) in [5, 5.41) is 0.519. The summed E-state index contributed by atoms with van der Waals surface area (Å²) >= 11 is 6.09. The lowest BCUT2D eigenvalue weighted by molar-refractivity contribution is 0.0827. The monoisotopic (exact) mass is 303 g/mol. The number of hydrogen-bond acceptors (Lipinski definition) is 3. The fourth-order valence-electron chi connectivity index (χ4n) is 2.22. The molecule has 3 aromatic heterocycles. The number of aryl methyl sites for hydroxylation is 1. The van der Waals surface area contributed by atoms with Gasteiger partial charge in [-0.25, -0.2) is 0 Å². The largest absolute Gasteiger partial charge is 0.451 e. The van der Waals surface area contributed by atoms with Crippen molar-refractivity contribution in [2.24, 2.45) is 7.05 Å². The number of amides is 1. The number of halogens is 1. The SMILES string of the molecule is CN(C)C(=O)c1cc(-c2cc3nccc(Cl)c3o2)n(C)c1. The zero-order valence-electron chi connectivity index (χ0n) is 11.9. The smallest absolute Gasteiger partial charge is 0.254 e. The first kappa shape index (κ1) is 13.7. The molecule has 5 nitrogen and oxygen atoms in total. The van der Waals surface area contributed by atoms with Crippen molar-refractivity contribution in [2.45, 2.75) is 0 Å². The number of fused-ring (bicyclic) bond motifs is 1. The first-order chi connectivity index (χ1) is 9.97. The Labute approximate surface area is 126 Å². The number of nitrogens with zero attached hydrogens (tertiary/aromatic N) is 3. The quantitative estimate of drug-likeness (QED) is 0.730. The van der Waals surface area contributed by atoms with E-state index in [0.29, 0.717) is 27.4 Å². The highest BCUT2D eigenvalue weighted by molar-refractivity contribution is 6.34. The third-order valence-electron chi connectivity index (χ3n) is 3.27. The Bertz CT molecular complexity index is 833. The molecule has 0 aliphatic heterocycles. The second-order valence-electron chi connectivity index (χ2n) is 5.04. The van der Waals surface area contributed by atoms with E-state index in [4.69, 9.17) is 16.0 Å². The van der Waals surface area contributed by atoms with Gasteiger partial charge >= 0.3 is 0 Å². The molecule has 0 unspecified atom stereocenters. The third-order valence-corrected chi connectivity index (χ3v) is 3.57. The molecular weight excluding hydrogens is 290 g/mol. The topological polar surface area (TPSA) is 51.3 Å². The predicted octanol–water partition coefficient (Wildman–Crippen LogP) is 3.19. The summed E-state index contributed by atoms with van der Waals surface area (Å²) < 4.78 is 7.63. The number of rotatable bonds is 2. The molecule has 1 amide bonds. The summed E-state index contributed by atoms with van der Waals surface area (Å²) in [5.41, 5.74) is 2.65. The van der Waals surface area contributed by atoms with Crippen LogP contribution in [0.15, 0.2) is 35.0 Å². The Balaban J connectivity index is 2.10. The number of furan rings is 1. The molecule has 0 aliphatic rings. The van der Waals surface area contributed by atoms with Crippen LogP contribution in [-0.4, -0.2) is 34.5 Å². The fourth-order valence-corrected chi connectivity index (χ4v) is 2.41. The molecule has 0 atom stereocenters. The normalized spacial score (nSPS) is 11.0. The maximum atomic E-state index is 12.0. The van der Waals surface area contributed by atoms with Crippen molar-refractivity contribution < 1.29 is 9.21 Å². The van der Waals surface area contributed by atoms with Gasteiger partial charge in [-0.1, -0.05) is 11.6 Å². The Hall–Kier alpha value is -2.27. The lowest BCUT2D eigenvalue weighted by Crippen LogP contribution is -2.21. The van der Waals surface area contributed by atoms with Crippen LogP contribution >= 0.6 is 11.6 Å². The summed E-state index contributed by atoms with van der Waals surface area (Å²) in [7, 11) is 5.31. The van der Waals surface area contributed by atoms with Gasteiger partial charge in [0.05, 0.1) is 16.3 Å². The van der Waals surface area contributed by atoms with Gasteiger partial charge in [0.15, 0.2) is 11.3 Å². The molecule has 3 heterocycles. The van der Waals surface area contributed by atoms with Crippen molar-refractivity contribution in [3.05, 3.63) is 41.2 Å². The number of hydrogen-bond donors (Lipinski definition) is 0. The molecule has 0 fully saturated rings. The molecule has 0 radical (unpaired) electrons. The lowest BCUT2D eigenvalue weighted by Gasteiger charge is -2.07. The van der Waals surface area contributed by atoms with Crippen molar-refractivity contribution >= 4 is 28.6 Å². The third kappa shape index (κ3) is 2.29. The Morgan fingerprint density at radius 1 is 1.38 bits per heavy atom. The lowest BCUT2D eigenvalue weighted by atomic mass is 10.2. The van der Waals surface area contributed by atoms with Crippen LogP contribution in [0.3, 0.4) is 0 Å². The molecule has 3 aromatic rings. The molecule has 6 heteroatoms. The van der Waals surface area contributed by atoms with Gasteiger partial charge in [-0.15, -0.1) is 0 Å². The van der Waals surface area contributed by atoms with E-state index in [9.17, 15) is 4.79 Å². The maximum absolute atomic E-state index is 12.0. The highest BCUT2D eigenvalue weighted by Gasteiger charge is 2.17. The van der Waals surface area contributed by atoms with Crippen LogP contribution in [0.25, 0.3) is 22.6 Å². The van der Waals surface area contributed by atoms with Crippen LogP contribution in [0.4, 0.5) is 0 Å². The second-order valence-corrected chi connectivity index (χ2v) is 5.45. The van der Waals surface area contributed by atoms with Gasteiger partial charge in [-0.3, -0.25) is 9.78 Å². The summed E-state index contributed by atoms with van der Waals surface area (Å²) in [6.45, 7) is 0. The van der Waals surface area contributed by atoms with Crippen molar-refractivity contribution in [1.29, 1.82) is 0 Å². The molecule has 0 saturated heterocycles. The maximum Gasteiger partial charge on any atom is 0.254 e. The first-order valence-electron chi connectivity index (χ1n) is 6.40. The van der Waals surface area contributed by atoms with Crippen molar-refractivity contribution in [3.63, 3.8) is 0 Å². The van der Waals surface area contributed by atoms with Gasteiger partial charge in [0.2, 0.25) is 0 Å². The van der Waals surface area contributed by atoms with Crippen LogP contribution in [0.2, 0.25) is 5.02 Å².